The molecule has 4 aliphatic rings. The van der Waals surface area contributed by atoms with Gasteiger partial charge in [-0.3, -0.25) is 0 Å². The van der Waals surface area contributed by atoms with Crippen LogP contribution < -0.4 is 0 Å². The van der Waals surface area contributed by atoms with Crippen LogP contribution in [-0.4, -0.2) is 11.7 Å². The molecule has 0 aromatic rings. The minimum Gasteiger partial charge on any atom is -0.396 e. The molecule has 0 amide bonds. The van der Waals surface area contributed by atoms with Crippen LogP contribution in [0.25, 0.3) is 0 Å². The summed E-state index contributed by atoms with van der Waals surface area (Å²) in [7, 11) is 0. The molecule has 1 N–H and O–H groups in total. The molecule has 0 radical (unpaired) electrons. The maximum atomic E-state index is 9.33. The molecule has 3 saturated carbocycles. The Labute approximate surface area is 181 Å². The van der Waals surface area contributed by atoms with Crippen molar-refractivity contribution in [1.29, 1.82) is 0 Å². The monoisotopic (exact) mass is 400 g/mol. The summed E-state index contributed by atoms with van der Waals surface area (Å²) in [6.45, 7) is 13.0. The van der Waals surface area contributed by atoms with E-state index in [0.717, 1.165) is 29.6 Å². The standard InChI is InChI=1S/C28H48O/c1-19(18-29)8-6-9-20(2)24-13-14-25-22-11-12-23-21(3)10-7-16-27(23,4)26(22)15-17-28(24,25)5/h19-21,23-24,26,29H,6-18H2,1-5H3/t19?,20-,21-,23?,24-,26+,27+,28-/m1/s1. The summed E-state index contributed by atoms with van der Waals surface area (Å²) in [4.78, 5) is 0. The van der Waals surface area contributed by atoms with Gasteiger partial charge in [0.05, 0.1) is 0 Å². The first-order chi connectivity index (χ1) is 13.8. The highest BCUT2D eigenvalue weighted by Gasteiger charge is 2.55. The summed E-state index contributed by atoms with van der Waals surface area (Å²) in [5, 5.41) is 9.33. The second-order valence-electron chi connectivity index (χ2n) is 12.4. The van der Waals surface area contributed by atoms with Crippen LogP contribution in [0.15, 0.2) is 11.1 Å². The smallest absolute Gasteiger partial charge is 0.0456 e. The molecule has 3 fully saturated rings. The topological polar surface area (TPSA) is 20.2 Å². The van der Waals surface area contributed by atoms with Crippen LogP contribution in [0.3, 0.4) is 0 Å². The molecule has 166 valence electrons. The van der Waals surface area contributed by atoms with Crippen molar-refractivity contribution in [3.05, 3.63) is 11.1 Å². The Balaban J connectivity index is 1.51. The molecule has 0 spiro atoms. The molecule has 1 nitrogen and oxygen atoms in total. The van der Waals surface area contributed by atoms with Gasteiger partial charge in [0.2, 0.25) is 0 Å². The van der Waals surface area contributed by atoms with Gasteiger partial charge < -0.3 is 5.11 Å². The number of fused-ring (bicyclic) bond motifs is 4. The lowest BCUT2D eigenvalue weighted by molar-refractivity contribution is -0.0201. The molecular formula is C28H48O. The third-order valence-corrected chi connectivity index (χ3v) is 10.8. The SMILES string of the molecule is CC(CO)CCC[C@@H](C)[C@H]1CCC2=C3CCC4[C@H](C)CCC[C@]4(C)[C@H]3CC[C@@]21C. The molecule has 4 rings (SSSR count). The van der Waals surface area contributed by atoms with Crippen molar-refractivity contribution < 1.29 is 5.11 Å². The largest absolute Gasteiger partial charge is 0.396 e. The first-order valence-corrected chi connectivity index (χ1v) is 13.1. The Morgan fingerprint density at radius 3 is 2.55 bits per heavy atom. The third kappa shape index (κ3) is 3.66. The molecule has 1 heteroatoms. The van der Waals surface area contributed by atoms with Crippen molar-refractivity contribution >= 4 is 0 Å². The molecule has 2 unspecified atom stereocenters. The number of hydrogen-bond donors (Lipinski definition) is 1. The summed E-state index contributed by atoms with van der Waals surface area (Å²) in [6, 6.07) is 0. The van der Waals surface area contributed by atoms with E-state index in [0.29, 0.717) is 23.4 Å². The molecule has 4 aliphatic carbocycles. The zero-order chi connectivity index (χ0) is 20.8. The molecular weight excluding hydrogens is 352 g/mol. The van der Waals surface area contributed by atoms with E-state index in [4.69, 9.17) is 0 Å². The highest BCUT2D eigenvalue weighted by Crippen LogP contribution is 2.66. The number of aliphatic hydroxyl groups excluding tert-OH is 1. The van der Waals surface area contributed by atoms with E-state index in [1.54, 1.807) is 0 Å². The van der Waals surface area contributed by atoms with Gasteiger partial charge in [0.15, 0.2) is 0 Å². The van der Waals surface area contributed by atoms with Crippen LogP contribution in [0.5, 0.6) is 0 Å². The van der Waals surface area contributed by atoms with E-state index < -0.39 is 0 Å². The predicted octanol–water partition coefficient (Wildman–Crippen LogP) is 7.78. The fraction of sp³-hybridized carbons (Fsp3) is 0.929. The molecule has 0 aromatic carbocycles. The number of rotatable bonds is 6. The lowest BCUT2D eigenvalue weighted by Crippen LogP contribution is -2.48. The zero-order valence-electron chi connectivity index (χ0n) is 20.1. The van der Waals surface area contributed by atoms with Crippen LogP contribution in [0.4, 0.5) is 0 Å². The fourth-order valence-corrected chi connectivity index (χ4v) is 9.07. The molecule has 29 heavy (non-hydrogen) atoms. The number of allylic oxidation sites excluding steroid dienone is 2. The van der Waals surface area contributed by atoms with Gasteiger partial charge in [-0.1, -0.05) is 71.4 Å². The fourth-order valence-electron chi connectivity index (χ4n) is 9.07. The molecule has 0 bridgehead atoms. The maximum Gasteiger partial charge on any atom is 0.0456 e. The Bertz CT molecular complexity index is 620. The molecule has 0 saturated heterocycles. The van der Waals surface area contributed by atoms with E-state index >= 15 is 0 Å². The average Bonchev–Trinajstić information content (AvgIpc) is 3.05. The Morgan fingerprint density at radius 1 is 1.00 bits per heavy atom. The lowest BCUT2D eigenvalue weighted by Gasteiger charge is -2.57. The van der Waals surface area contributed by atoms with Crippen molar-refractivity contribution in [3.8, 4) is 0 Å². The molecule has 0 heterocycles. The van der Waals surface area contributed by atoms with Gasteiger partial charge in [0.25, 0.3) is 0 Å². The van der Waals surface area contributed by atoms with Crippen molar-refractivity contribution in [1.82, 2.24) is 0 Å². The Hall–Kier alpha value is -0.300. The van der Waals surface area contributed by atoms with E-state index in [2.05, 4.69) is 34.6 Å². The summed E-state index contributed by atoms with van der Waals surface area (Å²) < 4.78 is 0. The summed E-state index contributed by atoms with van der Waals surface area (Å²) in [6.07, 6.45) is 16.9. The van der Waals surface area contributed by atoms with Gasteiger partial charge in [0.1, 0.15) is 0 Å². The minimum absolute atomic E-state index is 0.353. The van der Waals surface area contributed by atoms with Crippen LogP contribution in [0.1, 0.15) is 112 Å². The van der Waals surface area contributed by atoms with Crippen LogP contribution in [0, 0.1) is 46.3 Å². The normalized spacial score (nSPS) is 44.1. The second kappa shape index (κ2) is 8.33. The molecule has 0 aliphatic heterocycles. The predicted molar refractivity (Wildman–Crippen MR) is 124 cm³/mol. The van der Waals surface area contributed by atoms with E-state index in [1.807, 2.05) is 11.1 Å². The number of aliphatic hydroxyl groups is 1. The lowest BCUT2D eigenvalue weighted by atomic mass is 9.47. The van der Waals surface area contributed by atoms with E-state index in [1.165, 1.54) is 77.0 Å². The van der Waals surface area contributed by atoms with Gasteiger partial charge in [-0.05, 0) is 97.7 Å². The first kappa shape index (κ1) is 21.9. The van der Waals surface area contributed by atoms with Gasteiger partial charge in [0, 0.05) is 6.61 Å². The van der Waals surface area contributed by atoms with Crippen molar-refractivity contribution in [2.45, 2.75) is 112 Å². The van der Waals surface area contributed by atoms with Crippen LogP contribution in [-0.2, 0) is 0 Å². The highest BCUT2D eigenvalue weighted by molar-refractivity contribution is 5.34. The maximum absolute atomic E-state index is 9.33. The first-order valence-electron chi connectivity index (χ1n) is 13.1. The van der Waals surface area contributed by atoms with Crippen LogP contribution in [0.2, 0.25) is 0 Å². The van der Waals surface area contributed by atoms with Crippen LogP contribution >= 0.6 is 0 Å². The van der Waals surface area contributed by atoms with Crippen molar-refractivity contribution in [3.63, 3.8) is 0 Å². The van der Waals surface area contributed by atoms with Gasteiger partial charge in [-0.2, -0.15) is 0 Å². The van der Waals surface area contributed by atoms with Gasteiger partial charge in [-0.25, -0.2) is 0 Å². The summed E-state index contributed by atoms with van der Waals surface area (Å²) in [5.41, 5.74) is 5.02. The summed E-state index contributed by atoms with van der Waals surface area (Å²) >= 11 is 0. The quantitative estimate of drug-likeness (QED) is 0.451. The Kier molecular flexibility index (Phi) is 6.29. The van der Waals surface area contributed by atoms with Gasteiger partial charge >= 0.3 is 0 Å². The van der Waals surface area contributed by atoms with Crippen molar-refractivity contribution in [2.24, 2.45) is 46.3 Å². The number of hydrogen-bond acceptors (Lipinski definition) is 1. The molecule has 8 atom stereocenters. The highest BCUT2D eigenvalue weighted by atomic mass is 16.3. The zero-order valence-corrected chi connectivity index (χ0v) is 20.1. The minimum atomic E-state index is 0.353. The van der Waals surface area contributed by atoms with Crippen molar-refractivity contribution in [2.75, 3.05) is 6.61 Å². The summed E-state index contributed by atoms with van der Waals surface area (Å²) in [5.74, 6) is 5.05. The molecule has 0 aromatic heterocycles. The Morgan fingerprint density at radius 2 is 1.79 bits per heavy atom. The second-order valence-corrected chi connectivity index (χ2v) is 12.4. The third-order valence-electron chi connectivity index (χ3n) is 10.8. The van der Waals surface area contributed by atoms with E-state index in [-0.39, 0.29) is 0 Å². The van der Waals surface area contributed by atoms with Gasteiger partial charge in [-0.15, -0.1) is 0 Å². The van der Waals surface area contributed by atoms with E-state index in [9.17, 15) is 5.11 Å². The average molecular weight is 401 g/mol.